The molecular formula is C86H122BeN15NaNoO28. The number of nitro groups is 3. The topological polar surface area (TPSA) is 630 Å². The van der Waals surface area contributed by atoms with E-state index in [1.165, 1.54) is 81.7 Å². The van der Waals surface area contributed by atoms with Crippen LogP contribution in [-0.4, -0.2) is 242 Å². The van der Waals surface area contributed by atoms with E-state index < -0.39 is 104 Å². The number of carbonyl (C=O) groups excluding carboxylic acids is 7. The van der Waals surface area contributed by atoms with Crippen molar-refractivity contribution in [3.05, 3.63) is 265 Å². The molecule has 0 bridgehead atoms. The summed E-state index contributed by atoms with van der Waals surface area (Å²) >= 11 is 0. The fraction of sp³-hybridized carbons (Fsp3) is 0.360. The summed E-state index contributed by atoms with van der Waals surface area (Å²) in [5, 5.41) is 91.9. The van der Waals surface area contributed by atoms with E-state index >= 15 is 0 Å². The monoisotopic (exact) mass is 2100 g/mol. The van der Waals surface area contributed by atoms with Crippen LogP contribution in [0.25, 0.3) is 6.15 Å². The van der Waals surface area contributed by atoms with Crippen LogP contribution in [0, 0.1) is 44.7 Å². The van der Waals surface area contributed by atoms with Crippen LogP contribution < -0.4 is 76.5 Å². The number of alkyl carbamates (subject to hydrolysis) is 3. The van der Waals surface area contributed by atoms with E-state index in [9.17, 15) is 78.6 Å². The number of rotatable bonds is 22. The largest absolute Gasteiger partial charge is 2.00 e. The molecule has 43 nitrogen and oxygen atoms in total. The Hall–Kier alpha value is -14.7. The molecule has 16 N–H and O–H groups in total. The number of aromatic nitrogens is 2. The van der Waals surface area contributed by atoms with Gasteiger partial charge in [-0.1, -0.05) is 95.2 Å². The molecule has 2 heterocycles. The number of nitrogens with zero attached hydrogens (tertiary/aromatic N) is 8. The minimum Gasteiger partial charge on any atom is -0.693 e. The number of nitrogens with two attached hydrogens (primary N) is 3. The average Bonchev–Trinajstić information content (AvgIpc) is 1.63. The number of hydrogen-bond donors (Lipinski definition) is 12. The fourth-order valence-corrected chi connectivity index (χ4v) is 9.40. The first kappa shape index (κ1) is 130. The second-order valence-electron chi connectivity index (χ2n) is 29.5. The molecular weight excluding hydrogens is 1980 g/mol. The van der Waals surface area contributed by atoms with Gasteiger partial charge in [0.05, 0.1) is 43.6 Å². The Morgan fingerprint density at radius 3 is 0.985 bits per heavy atom. The first-order valence-corrected chi connectivity index (χ1v) is 37.6. The number of phenols is 2. The fourth-order valence-electron chi connectivity index (χ4n) is 9.40. The standard InChI is InChI=1S/C16H24N2O4.C15H17N3O4.C14H19NO4.C13H17NO5.C11H16N2O2.C8H9NO3.C4H3N3O4.C2H7N.CH4O.CHO.CH3.Be.H2N.Na.No/c1-16(2,3)22-15(20)17-13(14(19)18(4)5)11-7-9-12(21-6)10-8-11;1-16(2)15(19)14(11-4-6-13(22-3)7-5-11)17-9-8-12(10-17)18(20)21;1-9-5-7-10(8-6-9)11(12(16)17)15-13(18)19-14(2,3)4;1-13(2,3)19-12(18)14-10(11(16)17)8-4-6-9(15)7-5-8;1-13(2)11(14)10(12)8-4-6-9(15-3)7-5-8;9-7(8(11)12)5-1-3-6(10)4-2-5;8-6(9)4-1-2-5(3-4)7(10)11;1-3-2;2*1-2;;;;;/h7-10,13H,1-6H3,(H,17,20);4-10,14H,1-3H3;5-8,11H,1-4H3,(H,15,18)(H,16,17);4-7,10,15H,1-3H3,(H,14,18)(H,16,17);4-7,10H,12H2,1-3H3;1-4,7,10H,9H2,(H,11,12);1-3H;3H,1-2H3;2H,1H3;1H;1H3;;1H2;;/q;;;;;;;;;2*-1;+2;-1;+1;. The molecule has 726 valence electrons. The second-order valence-corrected chi connectivity index (χ2v) is 29.5. The molecule has 0 aliphatic rings. The maximum atomic E-state index is 12.5. The number of aliphatic carboxylic acids is 3. The summed E-state index contributed by atoms with van der Waals surface area (Å²) in [6.45, 7) is 20.7. The number of aromatic hydroxyl groups is 2. The van der Waals surface area contributed by atoms with E-state index in [0.717, 1.165) is 48.0 Å². The van der Waals surface area contributed by atoms with Gasteiger partial charge in [0.1, 0.15) is 69.7 Å². The van der Waals surface area contributed by atoms with Crippen LogP contribution in [0.4, 0.5) is 25.8 Å². The predicted octanol–water partition coefficient (Wildman–Crippen LogP) is 7.78. The zero-order valence-corrected chi connectivity index (χ0v) is 82.5. The molecule has 8 rings (SSSR count). The van der Waals surface area contributed by atoms with Crippen molar-refractivity contribution in [2.24, 2.45) is 11.5 Å². The van der Waals surface area contributed by atoms with Crippen LogP contribution in [0.1, 0.15) is 138 Å². The minimum atomic E-state index is -1.23. The van der Waals surface area contributed by atoms with E-state index in [1.807, 2.05) is 21.0 Å². The Morgan fingerprint density at radius 2 is 0.712 bits per heavy atom. The number of aliphatic hydroxyl groups excluding tert-OH is 1. The van der Waals surface area contributed by atoms with Crippen molar-refractivity contribution in [3.63, 3.8) is 0 Å². The smallest absolute Gasteiger partial charge is 0.693 e. The quantitative estimate of drug-likeness (QED) is 0.00769. The van der Waals surface area contributed by atoms with Gasteiger partial charge in [0.25, 0.3) is 11.4 Å². The summed E-state index contributed by atoms with van der Waals surface area (Å²) in [7, 11) is 19.4. The van der Waals surface area contributed by atoms with E-state index in [1.54, 1.807) is 228 Å². The zero-order valence-electron chi connectivity index (χ0n) is 78.3. The molecule has 0 radical (unpaired) electrons. The van der Waals surface area contributed by atoms with E-state index in [4.69, 9.17) is 70.2 Å². The van der Waals surface area contributed by atoms with Crippen LogP contribution in [-0.2, 0) is 47.8 Å². The number of nitrogens with one attached hydrogen (secondary N) is 4. The molecule has 132 heavy (non-hydrogen) atoms. The van der Waals surface area contributed by atoms with Crippen molar-refractivity contribution in [1.82, 2.24) is 45.2 Å². The molecule has 0 aliphatic carbocycles. The Balaban J connectivity index is -0.000000274. The van der Waals surface area contributed by atoms with Crippen LogP contribution in [0.5, 0.6) is 28.7 Å². The third-order valence-electron chi connectivity index (χ3n) is 15.3. The number of aliphatic hydroxyl groups is 1. The van der Waals surface area contributed by atoms with Gasteiger partial charge >= 0.3 is 75.9 Å². The van der Waals surface area contributed by atoms with Crippen molar-refractivity contribution >= 4 is 82.2 Å². The molecule has 0 fully saturated rings. The van der Waals surface area contributed by atoms with Crippen LogP contribution >= 0.6 is 0 Å². The number of aryl methyl sites for hydroxylation is 1. The van der Waals surface area contributed by atoms with Gasteiger partial charge < -0.3 is 129 Å². The first-order valence-electron chi connectivity index (χ1n) is 37.6. The van der Waals surface area contributed by atoms with Crippen LogP contribution in [0.15, 0.2) is 183 Å². The SMILES string of the molecule is CC(C)(C)OC(=O)NC(C(=O)O)c1ccc(O)cc1.CNC.CO.COc1ccc(C(C(=O)N(C)C)n2ccc([N+](=O)[O-])c2)cc1.COc1ccc(C(N)C(=O)N(C)C)cc1.COc1ccc(C(NC(=O)OC(C)(C)C)C(=O)N(C)C)cc1.Cc1ccc(C(NC(=O)OC(C)(C)C)C(=O)O)cc1.NC(C(=O)O)c1ccc(O)cc1.O=[N+]([O-])c1ccn([N+](=O)[O-])c1.[Be+2].[CH-]=O.[CH3-].[NH2-].[Na+].[No]. The van der Waals surface area contributed by atoms with Gasteiger partial charge in [-0.25, -0.2) is 34.1 Å². The molecule has 0 aliphatic heterocycles. The molecule has 46 heteroatoms. The zero-order chi connectivity index (χ0) is 98.1. The average molecular weight is 2110 g/mol. The Morgan fingerprint density at radius 1 is 0.439 bits per heavy atom. The van der Waals surface area contributed by atoms with Crippen LogP contribution in [0.2, 0.25) is 0 Å². The van der Waals surface area contributed by atoms with Gasteiger partial charge in [-0.05, 0) is 177 Å². The number of benzene rings is 6. The van der Waals surface area contributed by atoms with Gasteiger partial charge in [0, 0.05) is 67.7 Å². The van der Waals surface area contributed by atoms with Gasteiger partial charge in [0.2, 0.25) is 17.7 Å². The number of ether oxygens (including phenoxy) is 6. The maximum Gasteiger partial charge on any atom is 2.00 e. The number of carboxylic acids is 3. The summed E-state index contributed by atoms with van der Waals surface area (Å²) in [5.41, 5.74) is 13.3. The number of phenolic OH excluding ortho intramolecular Hbond substituents is 2. The van der Waals surface area contributed by atoms with E-state index in [2.05, 4.69) is 28.1 Å². The van der Waals surface area contributed by atoms with Crippen molar-refractivity contribution in [3.8, 4) is 28.7 Å². The predicted molar refractivity (Wildman–Crippen MR) is 486 cm³/mol. The maximum absolute atomic E-state index is 12.5. The molecule has 0 saturated heterocycles. The number of methoxy groups -OCH3 is 3. The molecule has 6 unspecified atom stereocenters. The van der Waals surface area contributed by atoms with E-state index in [0.29, 0.717) is 38.4 Å². The van der Waals surface area contributed by atoms with Gasteiger partial charge in [-0.3, -0.25) is 46.2 Å². The van der Waals surface area contributed by atoms with Crippen LogP contribution in [0.3, 0.4) is 0 Å². The second kappa shape index (κ2) is 65.0. The first-order chi connectivity index (χ1) is 59.1. The van der Waals surface area contributed by atoms with Gasteiger partial charge in [0.15, 0.2) is 23.3 Å². The summed E-state index contributed by atoms with van der Waals surface area (Å²) in [6, 6.07) is 36.4. The molecule has 6 aromatic carbocycles. The third kappa shape index (κ3) is 50.8. The summed E-state index contributed by atoms with van der Waals surface area (Å²) in [5.74, 6) is -1.72. The number of carbonyl (C=O) groups is 9. The molecule has 6 amide bonds. The van der Waals surface area contributed by atoms with Gasteiger partial charge in [-0.15, -0.1) is 0 Å². The Labute approximate surface area is 787 Å². The molecule has 8 aromatic rings. The molecule has 6 atom stereocenters. The summed E-state index contributed by atoms with van der Waals surface area (Å²) < 4.78 is 32.6. The normalized spacial score (nSPS) is 11.1. The number of amides is 6. The molecule has 0 saturated carbocycles. The van der Waals surface area contributed by atoms with Crippen molar-refractivity contribution in [2.45, 2.75) is 122 Å². The van der Waals surface area contributed by atoms with Crippen molar-refractivity contribution < 1.29 is 151 Å². The number of carboxylic acid groups (broad SMARTS) is 3. The summed E-state index contributed by atoms with van der Waals surface area (Å²) in [6.07, 6.45) is 2.54. The minimum absolute atomic E-state index is 0. The Bertz CT molecular complexity index is 4630. The van der Waals surface area contributed by atoms with Gasteiger partial charge in [-0.2, -0.15) is 0 Å². The Kier molecular flexibility index (Phi) is 64.2. The van der Waals surface area contributed by atoms with Crippen molar-refractivity contribution in [1.29, 1.82) is 0 Å². The molecule has 0 spiro atoms. The number of likely N-dealkylation sites (N-methyl/N-ethyl adjacent to an activating group) is 3. The number of hydrogen-bond acceptors (Lipinski definition) is 28. The van der Waals surface area contributed by atoms with E-state index in [-0.39, 0.29) is 93.9 Å². The van der Waals surface area contributed by atoms with Crippen molar-refractivity contribution in [2.75, 3.05) is 84.8 Å². The molecule has 2 aromatic heterocycles. The summed E-state index contributed by atoms with van der Waals surface area (Å²) in [4.78, 5) is 146. The third-order valence-corrected chi connectivity index (χ3v) is 15.3.